The van der Waals surface area contributed by atoms with Crippen molar-refractivity contribution in [2.45, 2.75) is 13.8 Å². The highest BCUT2D eigenvalue weighted by Crippen LogP contribution is 2.28. The predicted octanol–water partition coefficient (Wildman–Crippen LogP) is 2.46. The second-order valence-electron chi connectivity index (χ2n) is 4.21. The lowest BCUT2D eigenvalue weighted by Crippen LogP contribution is -2.02. The molecular weight excluding hydrogens is 258 g/mol. The third-order valence-corrected chi connectivity index (χ3v) is 2.66. The summed E-state index contributed by atoms with van der Waals surface area (Å²) < 4.78 is 5.60. The fourth-order valence-electron chi connectivity index (χ4n) is 1.77. The molecule has 1 aromatic heterocycles. The van der Waals surface area contributed by atoms with E-state index in [0.717, 1.165) is 11.1 Å². The number of carboxylic acid groups (broad SMARTS) is 1. The van der Waals surface area contributed by atoms with Crippen molar-refractivity contribution in [3.63, 3.8) is 0 Å². The van der Waals surface area contributed by atoms with Crippen molar-refractivity contribution >= 4 is 5.97 Å². The van der Waals surface area contributed by atoms with E-state index in [1.807, 2.05) is 13.8 Å². The van der Waals surface area contributed by atoms with E-state index in [1.165, 1.54) is 12.1 Å². The van der Waals surface area contributed by atoms with Crippen LogP contribution in [0.1, 0.15) is 27.2 Å². The summed E-state index contributed by atoms with van der Waals surface area (Å²) >= 11 is 0. The van der Waals surface area contributed by atoms with E-state index in [2.05, 4.69) is 16.3 Å². The molecule has 0 amide bonds. The number of nitrogens with zero attached hydrogens (tertiary/aromatic N) is 3. The summed E-state index contributed by atoms with van der Waals surface area (Å²) in [5, 5.41) is 24.9. The molecule has 0 aliphatic carbocycles. The van der Waals surface area contributed by atoms with Crippen molar-refractivity contribution in [2.75, 3.05) is 0 Å². The Morgan fingerprint density at radius 1 is 1.25 bits per heavy atom. The molecule has 20 heavy (non-hydrogen) atoms. The number of aromatic carboxylic acids is 1. The fourth-order valence-corrected chi connectivity index (χ4v) is 1.77. The zero-order valence-corrected chi connectivity index (χ0v) is 10.9. The van der Waals surface area contributed by atoms with Crippen LogP contribution in [0.15, 0.2) is 24.3 Å². The van der Waals surface area contributed by atoms with Crippen LogP contribution < -0.4 is 4.74 Å². The number of benzene rings is 1. The SMILES string of the molecule is Cc1cc(C#N)cc(C)c1Oc1ccc(C(=O)O)nn1. The van der Waals surface area contributed by atoms with Crippen LogP contribution in [0.5, 0.6) is 11.6 Å². The molecule has 100 valence electrons. The Morgan fingerprint density at radius 3 is 2.35 bits per heavy atom. The van der Waals surface area contributed by atoms with E-state index in [-0.39, 0.29) is 11.6 Å². The van der Waals surface area contributed by atoms with Gasteiger partial charge in [0.25, 0.3) is 0 Å². The first-order chi connectivity index (χ1) is 9.51. The minimum Gasteiger partial charge on any atom is -0.476 e. The van der Waals surface area contributed by atoms with Gasteiger partial charge in [-0.3, -0.25) is 0 Å². The Labute approximate surface area is 115 Å². The first-order valence-electron chi connectivity index (χ1n) is 5.77. The lowest BCUT2D eigenvalue weighted by Gasteiger charge is -2.10. The third-order valence-electron chi connectivity index (χ3n) is 2.66. The molecule has 0 unspecified atom stereocenters. The number of carboxylic acids is 1. The van der Waals surface area contributed by atoms with Crippen molar-refractivity contribution in [1.82, 2.24) is 10.2 Å². The number of rotatable bonds is 3. The van der Waals surface area contributed by atoms with Gasteiger partial charge in [-0.25, -0.2) is 4.79 Å². The first kappa shape index (κ1) is 13.5. The molecule has 0 aliphatic rings. The Morgan fingerprint density at radius 2 is 1.90 bits per heavy atom. The van der Waals surface area contributed by atoms with Crippen LogP contribution in [-0.2, 0) is 0 Å². The van der Waals surface area contributed by atoms with E-state index in [1.54, 1.807) is 12.1 Å². The zero-order valence-electron chi connectivity index (χ0n) is 10.9. The van der Waals surface area contributed by atoms with Gasteiger partial charge in [0.05, 0.1) is 11.6 Å². The van der Waals surface area contributed by atoms with Gasteiger partial charge in [-0.1, -0.05) is 0 Å². The quantitative estimate of drug-likeness (QED) is 0.919. The number of hydrogen-bond donors (Lipinski definition) is 1. The van der Waals surface area contributed by atoms with Gasteiger partial charge in [0.15, 0.2) is 5.69 Å². The Kier molecular flexibility index (Phi) is 3.62. The van der Waals surface area contributed by atoms with E-state index in [9.17, 15) is 4.79 Å². The molecule has 0 atom stereocenters. The molecule has 1 N–H and O–H groups in total. The molecular formula is C14H11N3O3. The van der Waals surface area contributed by atoms with Gasteiger partial charge in [-0.05, 0) is 43.2 Å². The Balaban J connectivity index is 2.31. The van der Waals surface area contributed by atoms with Crippen LogP contribution in [0.2, 0.25) is 0 Å². The van der Waals surface area contributed by atoms with Crippen molar-refractivity contribution in [3.05, 3.63) is 46.6 Å². The summed E-state index contributed by atoms with van der Waals surface area (Å²) in [5.41, 5.74) is 2.00. The second kappa shape index (κ2) is 5.36. The molecule has 1 heterocycles. The largest absolute Gasteiger partial charge is 0.476 e. The van der Waals surface area contributed by atoms with Crippen molar-refractivity contribution in [3.8, 4) is 17.7 Å². The normalized spacial score (nSPS) is 9.85. The maximum atomic E-state index is 10.7. The average molecular weight is 269 g/mol. The van der Waals surface area contributed by atoms with Gasteiger partial charge in [0, 0.05) is 6.07 Å². The lowest BCUT2D eigenvalue weighted by molar-refractivity contribution is 0.0689. The molecule has 6 heteroatoms. The Bertz CT molecular complexity index is 680. The topological polar surface area (TPSA) is 96.1 Å². The van der Waals surface area contributed by atoms with Crippen LogP contribution in [0.4, 0.5) is 0 Å². The number of ether oxygens (including phenoxy) is 1. The van der Waals surface area contributed by atoms with Crippen LogP contribution in [0, 0.1) is 25.2 Å². The predicted molar refractivity (Wildman–Crippen MR) is 69.7 cm³/mol. The zero-order chi connectivity index (χ0) is 14.7. The maximum Gasteiger partial charge on any atom is 0.356 e. The minimum atomic E-state index is -1.14. The summed E-state index contributed by atoms with van der Waals surface area (Å²) in [4.78, 5) is 10.7. The standard InChI is InChI=1S/C14H11N3O3/c1-8-5-10(7-15)6-9(2)13(8)20-12-4-3-11(14(18)19)16-17-12/h3-6H,1-2H3,(H,18,19). The second-order valence-corrected chi connectivity index (χ2v) is 4.21. The van der Waals surface area contributed by atoms with Crippen LogP contribution in [0.25, 0.3) is 0 Å². The van der Waals surface area contributed by atoms with Crippen molar-refractivity contribution in [1.29, 1.82) is 5.26 Å². The number of carbonyl (C=O) groups is 1. The smallest absolute Gasteiger partial charge is 0.356 e. The lowest BCUT2D eigenvalue weighted by atomic mass is 10.1. The molecule has 0 spiro atoms. The van der Waals surface area contributed by atoms with Crippen molar-refractivity contribution in [2.24, 2.45) is 0 Å². The van der Waals surface area contributed by atoms with E-state index in [0.29, 0.717) is 11.3 Å². The number of aryl methyl sites for hydroxylation is 2. The van der Waals surface area contributed by atoms with E-state index in [4.69, 9.17) is 15.1 Å². The highest BCUT2D eigenvalue weighted by atomic mass is 16.5. The minimum absolute atomic E-state index is 0.148. The summed E-state index contributed by atoms with van der Waals surface area (Å²) in [7, 11) is 0. The highest BCUT2D eigenvalue weighted by Gasteiger charge is 2.10. The first-order valence-corrected chi connectivity index (χ1v) is 5.77. The molecule has 6 nitrogen and oxygen atoms in total. The van der Waals surface area contributed by atoms with Gasteiger partial charge >= 0.3 is 5.97 Å². The molecule has 0 bridgehead atoms. The van der Waals surface area contributed by atoms with Gasteiger partial charge in [0.1, 0.15) is 5.75 Å². The van der Waals surface area contributed by atoms with Crippen molar-refractivity contribution < 1.29 is 14.6 Å². The summed E-state index contributed by atoms with van der Waals surface area (Å²) in [6.07, 6.45) is 0. The Hall–Kier alpha value is -2.94. The molecule has 1 aromatic carbocycles. The molecule has 2 rings (SSSR count). The average Bonchev–Trinajstić information content (AvgIpc) is 2.43. The summed E-state index contributed by atoms with van der Waals surface area (Å²) in [5.74, 6) is -0.359. The fraction of sp³-hybridized carbons (Fsp3) is 0.143. The third kappa shape index (κ3) is 2.72. The number of hydrogen-bond acceptors (Lipinski definition) is 5. The van der Waals surface area contributed by atoms with Gasteiger partial charge in [0.2, 0.25) is 5.88 Å². The molecule has 0 aliphatic heterocycles. The van der Waals surface area contributed by atoms with Gasteiger partial charge in [-0.15, -0.1) is 10.2 Å². The van der Waals surface area contributed by atoms with E-state index >= 15 is 0 Å². The van der Waals surface area contributed by atoms with E-state index < -0.39 is 5.97 Å². The maximum absolute atomic E-state index is 10.7. The molecule has 0 radical (unpaired) electrons. The van der Waals surface area contributed by atoms with Crippen LogP contribution >= 0.6 is 0 Å². The number of aromatic nitrogens is 2. The molecule has 2 aromatic rings. The summed E-state index contributed by atoms with van der Waals surface area (Å²) in [6.45, 7) is 3.64. The monoisotopic (exact) mass is 269 g/mol. The molecule has 0 saturated heterocycles. The molecule has 0 saturated carbocycles. The van der Waals surface area contributed by atoms with Crippen LogP contribution in [-0.4, -0.2) is 21.3 Å². The van der Waals surface area contributed by atoms with Crippen LogP contribution in [0.3, 0.4) is 0 Å². The van der Waals surface area contributed by atoms with Gasteiger partial charge in [-0.2, -0.15) is 5.26 Å². The molecule has 0 fully saturated rings. The highest BCUT2D eigenvalue weighted by molar-refractivity contribution is 5.84. The number of nitriles is 1. The van der Waals surface area contributed by atoms with Gasteiger partial charge < -0.3 is 9.84 Å². The summed E-state index contributed by atoms with van der Waals surface area (Å²) in [6, 6.07) is 8.25.